The molecule has 0 amide bonds. The topological polar surface area (TPSA) is 92.8 Å². The molecule has 0 fully saturated rings. The zero-order valence-electron chi connectivity index (χ0n) is 9.96. The second kappa shape index (κ2) is 5.19. The lowest BCUT2D eigenvalue weighted by Gasteiger charge is -2.33. The quantitative estimate of drug-likeness (QED) is 0.556. The molecule has 1 aromatic rings. The van der Waals surface area contributed by atoms with Crippen LogP contribution in [0.15, 0.2) is 24.3 Å². The Morgan fingerprint density at radius 2 is 1.82 bits per heavy atom. The van der Waals surface area contributed by atoms with Crippen LogP contribution in [0.25, 0.3) is 0 Å². The monoisotopic (exact) mass is 259 g/mol. The third kappa shape index (κ3) is 2.69. The van der Waals surface area contributed by atoms with E-state index in [0.717, 1.165) is 0 Å². The fourth-order valence-corrected chi connectivity index (χ4v) is 3.02. The van der Waals surface area contributed by atoms with Crippen LogP contribution in [0.1, 0.15) is 25.8 Å². The molecule has 0 aliphatic rings. The molecule has 0 spiro atoms. The summed E-state index contributed by atoms with van der Waals surface area (Å²) in [7, 11) is -4.42. The summed E-state index contributed by atoms with van der Waals surface area (Å²) < 4.78 is 17.1. The third-order valence-corrected chi connectivity index (χ3v) is 4.34. The Bertz CT molecular complexity index is 414. The second-order valence-electron chi connectivity index (χ2n) is 3.74. The average Bonchev–Trinajstić information content (AvgIpc) is 2.25. The molecule has 0 saturated carbocycles. The molecule has 17 heavy (non-hydrogen) atoms. The summed E-state index contributed by atoms with van der Waals surface area (Å²) >= 11 is 0. The van der Waals surface area contributed by atoms with E-state index in [1.165, 1.54) is 0 Å². The van der Waals surface area contributed by atoms with Crippen molar-refractivity contribution in [2.45, 2.75) is 25.6 Å². The molecular weight excluding hydrogens is 241 g/mol. The predicted molar refractivity (Wildman–Crippen MR) is 66.5 cm³/mol. The van der Waals surface area contributed by atoms with Crippen LogP contribution < -0.4 is 5.73 Å². The van der Waals surface area contributed by atoms with Gasteiger partial charge in [0.2, 0.25) is 0 Å². The summed E-state index contributed by atoms with van der Waals surface area (Å²) in [5.41, 5.74) is 6.55. The van der Waals surface area contributed by atoms with E-state index in [1.54, 1.807) is 38.1 Å². The van der Waals surface area contributed by atoms with Crippen LogP contribution in [0.2, 0.25) is 0 Å². The van der Waals surface area contributed by atoms with E-state index in [1.807, 2.05) is 0 Å². The van der Waals surface area contributed by atoms with E-state index in [-0.39, 0.29) is 13.0 Å². The molecule has 0 aliphatic heterocycles. The molecule has 0 radical (unpaired) electrons. The molecule has 1 rings (SSSR count). The Morgan fingerprint density at radius 1 is 1.29 bits per heavy atom. The third-order valence-electron chi connectivity index (χ3n) is 2.69. The number of hydrogen-bond acceptors (Lipinski definition) is 3. The first kappa shape index (κ1) is 14.2. The van der Waals surface area contributed by atoms with Crippen LogP contribution in [-0.2, 0) is 14.6 Å². The average molecular weight is 259 g/mol. The van der Waals surface area contributed by atoms with Gasteiger partial charge in [-0.05, 0) is 31.0 Å². The van der Waals surface area contributed by atoms with Crippen molar-refractivity contribution < 1.29 is 19.1 Å². The molecule has 4 N–H and O–H groups in total. The zero-order chi connectivity index (χ0) is 13.1. The number of hydrogen-bond donors (Lipinski definition) is 3. The molecule has 0 aliphatic carbocycles. The van der Waals surface area contributed by atoms with Crippen LogP contribution >= 0.6 is 7.60 Å². The highest BCUT2D eigenvalue weighted by Gasteiger charge is 2.47. The maximum absolute atomic E-state index is 11.7. The van der Waals surface area contributed by atoms with Gasteiger partial charge in [0.05, 0.1) is 0 Å². The summed E-state index contributed by atoms with van der Waals surface area (Å²) in [6.07, 6.45) is 0.190. The summed E-state index contributed by atoms with van der Waals surface area (Å²) in [4.78, 5) is 19.1. The van der Waals surface area contributed by atoms with Gasteiger partial charge in [0.25, 0.3) is 0 Å². The van der Waals surface area contributed by atoms with Gasteiger partial charge >= 0.3 is 7.60 Å². The highest BCUT2D eigenvalue weighted by atomic mass is 31.2. The molecule has 5 nitrogen and oxygen atoms in total. The molecule has 1 unspecified atom stereocenters. The lowest BCUT2D eigenvalue weighted by Crippen LogP contribution is -2.29. The first-order chi connectivity index (χ1) is 7.87. The van der Waals surface area contributed by atoms with Gasteiger partial charge in [-0.25, -0.2) is 0 Å². The Hall–Kier alpha value is -0.870. The van der Waals surface area contributed by atoms with E-state index in [9.17, 15) is 14.4 Å². The van der Waals surface area contributed by atoms with Crippen molar-refractivity contribution in [3.05, 3.63) is 29.8 Å². The van der Waals surface area contributed by atoms with E-state index >= 15 is 0 Å². The lowest BCUT2D eigenvalue weighted by atomic mass is 10.1. The van der Waals surface area contributed by atoms with Crippen molar-refractivity contribution in [1.82, 2.24) is 0 Å². The van der Waals surface area contributed by atoms with E-state index in [2.05, 4.69) is 0 Å². The largest absolute Gasteiger partial charge is 0.399 e. The molecular formula is C11H18NO4P. The van der Waals surface area contributed by atoms with Crippen molar-refractivity contribution in [1.29, 1.82) is 0 Å². The highest BCUT2D eigenvalue weighted by molar-refractivity contribution is 7.52. The summed E-state index contributed by atoms with van der Waals surface area (Å²) in [6, 6.07) is 6.39. The first-order valence-electron chi connectivity index (χ1n) is 5.43. The fourth-order valence-electron chi connectivity index (χ4n) is 1.83. The minimum Gasteiger partial charge on any atom is -0.399 e. The number of benzene rings is 1. The van der Waals surface area contributed by atoms with E-state index in [0.29, 0.717) is 11.3 Å². The minimum atomic E-state index is -4.42. The van der Waals surface area contributed by atoms with Gasteiger partial charge in [0.15, 0.2) is 5.34 Å². The lowest BCUT2D eigenvalue weighted by molar-refractivity contribution is -0.000154. The van der Waals surface area contributed by atoms with Crippen LogP contribution in [0.5, 0.6) is 0 Å². The Labute approximate surface area is 101 Å². The number of nitrogens with two attached hydrogens (primary N) is 1. The normalized spacial score (nSPS) is 15.5. The van der Waals surface area contributed by atoms with Crippen LogP contribution in [0.4, 0.5) is 5.69 Å². The van der Waals surface area contributed by atoms with Gasteiger partial charge in [0, 0.05) is 12.3 Å². The molecule has 6 heteroatoms. The van der Waals surface area contributed by atoms with Crippen molar-refractivity contribution in [2.75, 3.05) is 12.3 Å². The van der Waals surface area contributed by atoms with Crippen LogP contribution in [-0.4, -0.2) is 16.4 Å². The SMILES string of the molecule is CCOC(CC)(c1ccc(N)cc1)P(=O)(O)O. The second-order valence-corrected chi connectivity index (χ2v) is 5.55. The van der Waals surface area contributed by atoms with E-state index < -0.39 is 12.9 Å². The van der Waals surface area contributed by atoms with Gasteiger partial charge in [-0.1, -0.05) is 19.1 Å². The van der Waals surface area contributed by atoms with Gasteiger partial charge in [0.1, 0.15) is 0 Å². The number of rotatable bonds is 5. The zero-order valence-corrected chi connectivity index (χ0v) is 10.9. The summed E-state index contributed by atoms with van der Waals surface area (Å²) in [5, 5.41) is -1.57. The standard InChI is InChI=1S/C11H18NO4P/c1-3-11(16-4-2,17(13,14)15)9-5-7-10(12)8-6-9/h5-8H,3-4,12H2,1-2H3,(H2,13,14,15). The van der Waals surface area contributed by atoms with Gasteiger partial charge in [-0.2, -0.15) is 0 Å². The summed E-state index contributed by atoms with van der Waals surface area (Å²) in [6.45, 7) is 3.62. The van der Waals surface area contributed by atoms with Crippen molar-refractivity contribution in [3.8, 4) is 0 Å². The first-order valence-corrected chi connectivity index (χ1v) is 7.04. The van der Waals surface area contributed by atoms with E-state index in [4.69, 9.17) is 10.5 Å². The van der Waals surface area contributed by atoms with Gasteiger partial charge < -0.3 is 20.3 Å². The minimum absolute atomic E-state index is 0.190. The van der Waals surface area contributed by atoms with Crippen molar-refractivity contribution >= 4 is 13.3 Å². The maximum atomic E-state index is 11.7. The van der Waals surface area contributed by atoms with Gasteiger partial charge in [-0.3, -0.25) is 4.57 Å². The Kier molecular flexibility index (Phi) is 4.33. The Balaban J connectivity index is 3.32. The molecule has 0 bridgehead atoms. The number of nitrogen functional groups attached to an aromatic ring is 1. The van der Waals surface area contributed by atoms with Crippen molar-refractivity contribution in [3.63, 3.8) is 0 Å². The smallest absolute Gasteiger partial charge is 0.361 e. The maximum Gasteiger partial charge on any atom is 0.361 e. The number of anilines is 1. The predicted octanol–water partition coefficient (Wildman–Crippen LogP) is 2.05. The van der Waals surface area contributed by atoms with Crippen LogP contribution in [0, 0.1) is 0 Å². The number of ether oxygens (including phenoxy) is 1. The van der Waals surface area contributed by atoms with Crippen molar-refractivity contribution in [2.24, 2.45) is 0 Å². The molecule has 0 saturated heterocycles. The van der Waals surface area contributed by atoms with Gasteiger partial charge in [-0.15, -0.1) is 0 Å². The summed E-state index contributed by atoms with van der Waals surface area (Å²) in [5.74, 6) is 0. The molecule has 0 heterocycles. The molecule has 96 valence electrons. The molecule has 0 aromatic heterocycles. The van der Waals surface area contributed by atoms with Crippen LogP contribution in [0.3, 0.4) is 0 Å². The highest BCUT2D eigenvalue weighted by Crippen LogP contribution is 2.59. The molecule has 1 aromatic carbocycles. The fraction of sp³-hybridized carbons (Fsp3) is 0.455. The Morgan fingerprint density at radius 3 is 2.18 bits per heavy atom. The molecule has 1 atom stereocenters.